The van der Waals surface area contributed by atoms with Crippen molar-refractivity contribution in [1.29, 1.82) is 0 Å². The molecule has 1 aliphatic heterocycles. The fourth-order valence-corrected chi connectivity index (χ4v) is 2.03. The number of hydrogen-bond donors (Lipinski definition) is 1. The van der Waals surface area contributed by atoms with Gasteiger partial charge in [0.15, 0.2) is 0 Å². The number of carbonyl (C=O) groups is 1. The van der Waals surface area contributed by atoms with Crippen LogP contribution in [0.4, 0.5) is 13.2 Å². The zero-order valence-corrected chi connectivity index (χ0v) is 10.4. The van der Waals surface area contributed by atoms with Crippen LogP contribution < -0.4 is 5.73 Å². The van der Waals surface area contributed by atoms with Gasteiger partial charge in [0.2, 0.25) is 5.91 Å². The Morgan fingerprint density at radius 3 is 2.72 bits per heavy atom. The monoisotopic (exact) mass is 268 g/mol. The fraction of sp³-hybridized carbons (Fsp3) is 0.909. The second kappa shape index (κ2) is 6.38. The number of ether oxygens (including phenoxy) is 1. The Morgan fingerprint density at radius 1 is 1.50 bits per heavy atom. The van der Waals surface area contributed by atoms with Gasteiger partial charge < -0.3 is 15.4 Å². The quantitative estimate of drug-likeness (QED) is 0.828. The Kier molecular flexibility index (Phi) is 5.40. The molecule has 18 heavy (non-hydrogen) atoms. The Balaban J connectivity index is 2.34. The Hall–Kier alpha value is -0.820. The predicted molar refractivity (Wildman–Crippen MR) is 59.8 cm³/mol. The van der Waals surface area contributed by atoms with Gasteiger partial charge in [-0.3, -0.25) is 4.79 Å². The lowest BCUT2D eigenvalue weighted by molar-refractivity contribution is -0.178. The number of nitrogens with two attached hydrogens (primary N) is 1. The molecule has 2 N–H and O–H groups in total. The molecule has 1 amide bonds. The van der Waals surface area contributed by atoms with Crippen molar-refractivity contribution in [3.8, 4) is 0 Å². The van der Waals surface area contributed by atoms with Crippen LogP contribution in [0.3, 0.4) is 0 Å². The molecule has 2 atom stereocenters. The molecule has 1 aliphatic rings. The summed E-state index contributed by atoms with van der Waals surface area (Å²) in [6.45, 7) is 1.71. The highest BCUT2D eigenvalue weighted by atomic mass is 19.4. The predicted octanol–water partition coefficient (Wildman–Crippen LogP) is 1.01. The van der Waals surface area contributed by atoms with Crippen molar-refractivity contribution < 1.29 is 22.7 Å². The Bertz CT molecular complexity index is 284. The second-order valence-corrected chi connectivity index (χ2v) is 4.71. The number of hydrogen-bond acceptors (Lipinski definition) is 3. The van der Waals surface area contributed by atoms with E-state index in [0.29, 0.717) is 25.6 Å². The maximum atomic E-state index is 11.8. The van der Waals surface area contributed by atoms with E-state index >= 15 is 0 Å². The second-order valence-electron chi connectivity index (χ2n) is 4.71. The minimum atomic E-state index is -4.39. The van der Waals surface area contributed by atoms with Gasteiger partial charge in [0.1, 0.15) is 13.2 Å². The van der Waals surface area contributed by atoms with Crippen LogP contribution in [-0.4, -0.2) is 49.8 Å². The molecule has 1 heterocycles. The summed E-state index contributed by atoms with van der Waals surface area (Å²) in [5, 5.41) is 0. The first-order chi connectivity index (χ1) is 8.33. The molecule has 0 spiro atoms. The minimum Gasteiger partial charge on any atom is -0.362 e. The molecular weight excluding hydrogens is 249 g/mol. The summed E-state index contributed by atoms with van der Waals surface area (Å²) in [4.78, 5) is 13.2. The van der Waals surface area contributed by atoms with Gasteiger partial charge in [-0.15, -0.1) is 0 Å². The summed E-state index contributed by atoms with van der Waals surface area (Å²) in [5.74, 6) is 0.255. The molecule has 4 nitrogen and oxygen atoms in total. The largest absolute Gasteiger partial charge is 0.411 e. The van der Waals surface area contributed by atoms with Gasteiger partial charge in [0.25, 0.3) is 0 Å². The highest BCUT2D eigenvalue weighted by molar-refractivity contribution is 5.77. The number of alkyl halides is 3. The van der Waals surface area contributed by atoms with E-state index in [1.807, 2.05) is 0 Å². The summed E-state index contributed by atoms with van der Waals surface area (Å²) < 4.78 is 39.9. The normalized spacial score (nSPS) is 25.3. The molecule has 1 saturated heterocycles. The lowest BCUT2D eigenvalue weighted by atomic mass is 9.87. The van der Waals surface area contributed by atoms with Crippen LogP contribution in [0.2, 0.25) is 0 Å². The molecule has 0 radical (unpaired) electrons. The maximum absolute atomic E-state index is 11.8. The molecule has 7 heteroatoms. The van der Waals surface area contributed by atoms with E-state index in [4.69, 9.17) is 5.73 Å². The van der Waals surface area contributed by atoms with E-state index in [9.17, 15) is 18.0 Å². The number of carbonyl (C=O) groups excluding carboxylic acids is 1. The van der Waals surface area contributed by atoms with Crippen LogP contribution in [0.15, 0.2) is 0 Å². The summed E-state index contributed by atoms with van der Waals surface area (Å²) >= 11 is 0. The smallest absolute Gasteiger partial charge is 0.362 e. The van der Waals surface area contributed by atoms with E-state index in [1.54, 1.807) is 0 Å². The van der Waals surface area contributed by atoms with Crippen LogP contribution in [0.5, 0.6) is 0 Å². The SMILES string of the molecule is CC1CCN(C(=O)COCC(F)(F)F)CC1CN. The number of piperidine rings is 1. The number of likely N-dealkylation sites (tertiary alicyclic amines) is 1. The van der Waals surface area contributed by atoms with Gasteiger partial charge in [-0.25, -0.2) is 0 Å². The molecular formula is C11H19F3N2O2. The molecule has 0 saturated carbocycles. The summed E-state index contributed by atoms with van der Waals surface area (Å²) in [6.07, 6.45) is -3.57. The molecule has 0 bridgehead atoms. The molecule has 0 aliphatic carbocycles. The Morgan fingerprint density at radius 2 is 2.17 bits per heavy atom. The van der Waals surface area contributed by atoms with E-state index < -0.39 is 25.3 Å². The van der Waals surface area contributed by atoms with Crippen molar-refractivity contribution in [2.45, 2.75) is 19.5 Å². The van der Waals surface area contributed by atoms with Gasteiger partial charge in [-0.05, 0) is 24.8 Å². The highest BCUT2D eigenvalue weighted by Crippen LogP contribution is 2.22. The Labute approximate surface area is 104 Å². The van der Waals surface area contributed by atoms with Gasteiger partial charge >= 0.3 is 6.18 Å². The van der Waals surface area contributed by atoms with E-state index in [-0.39, 0.29) is 5.92 Å². The highest BCUT2D eigenvalue weighted by Gasteiger charge is 2.30. The molecule has 1 rings (SSSR count). The minimum absolute atomic E-state index is 0.213. The average Bonchev–Trinajstić information content (AvgIpc) is 2.27. The number of amides is 1. The zero-order chi connectivity index (χ0) is 13.8. The molecule has 1 fully saturated rings. The van der Waals surface area contributed by atoms with Crippen molar-refractivity contribution in [3.63, 3.8) is 0 Å². The van der Waals surface area contributed by atoms with Gasteiger partial charge in [-0.2, -0.15) is 13.2 Å². The van der Waals surface area contributed by atoms with Crippen molar-refractivity contribution in [1.82, 2.24) is 4.90 Å². The van der Waals surface area contributed by atoms with Crippen molar-refractivity contribution in [3.05, 3.63) is 0 Å². The summed E-state index contributed by atoms with van der Waals surface area (Å²) in [7, 11) is 0. The third-order valence-corrected chi connectivity index (χ3v) is 3.26. The van der Waals surface area contributed by atoms with E-state index in [0.717, 1.165) is 6.42 Å². The van der Waals surface area contributed by atoms with Gasteiger partial charge in [-0.1, -0.05) is 6.92 Å². The van der Waals surface area contributed by atoms with Crippen LogP contribution in [0.1, 0.15) is 13.3 Å². The lowest BCUT2D eigenvalue weighted by Gasteiger charge is -2.36. The van der Waals surface area contributed by atoms with Crippen LogP contribution in [-0.2, 0) is 9.53 Å². The average molecular weight is 268 g/mol. The molecule has 106 valence electrons. The maximum Gasteiger partial charge on any atom is 0.411 e. The topological polar surface area (TPSA) is 55.6 Å². The van der Waals surface area contributed by atoms with Crippen molar-refractivity contribution in [2.24, 2.45) is 17.6 Å². The zero-order valence-electron chi connectivity index (χ0n) is 10.4. The van der Waals surface area contributed by atoms with Crippen LogP contribution in [0.25, 0.3) is 0 Å². The van der Waals surface area contributed by atoms with Gasteiger partial charge in [0.05, 0.1) is 0 Å². The van der Waals surface area contributed by atoms with Crippen LogP contribution >= 0.6 is 0 Å². The summed E-state index contributed by atoms with van der Waals surface area (Å²) in [5.41, 5.74) is 5.60. The summed E-state index contributed by atoms with van der Waals surface area (Å²) in [6, 6.07) is 0. The molecule has 0 aromatic rings. The standard InChI is InChI=1S/C11H19F3N2O2/c1-8-2-3-16(5-9(8)4-15)10(17)6-18-7-11(12,13)14/h8-9H,2-7,15H2,1H3. The van der Waals surface area contributed by atoms with Crippen molar-refractivity contribution >= 4 is 5.91 Å². The number of rotatable bonds is 4. The third kappa shape index (κ3) is 4.81. The fourth-order valence-electron chi connectivity index (χ4n) is 2.03. The first kappa shape index (κ1) is 15.2. The first-order valence-corrected chi connectivity index (χ1v) is 5.96. The lowest BCUT2D eigenvalue weighted by Crippen LogP contribution is -2.46. The van der Waals surface area contributed by atoms with Gasteiger partial charge in [0, 0.05) is 13.1 Å². The molecule has 0 aromatic heterocycles. The third-order valence-electron chi connectivity index (χ3n) is 3.26. The van der Waals surface area contributed by atoms with Crippen LogP contribution in [0, 0.1) is 11.8 Å². The van der Waals surface area contributed by atoms with E-state index in [2.05, 4.69) is 11.7 Å². The van der Waals surface area contributed by atoms with Crippen molar-refractivity contribution in [2.75, 3.05) is 32.8 Å². The number of nitrogens with zero attached hydrogens (tertiary/aromatic N) is 1. The first-order valence-electron chi connectivity index (χ1n) is 5.96. The molecule has 2 unspecified atom stereocenters. The van der Waals surface area contributed by atoms with E-state index in [1.165, 1.54) is 4.90 Å². The molecule has 0 aromatic carbocycles. The number of halogens is 3.